The molecule has 1 unspecified atom stereocenters. The molecule has 1 atom stereocenters. The van der Waals surface area contributed by atoms with Crippen LogP contribution in [0.15, 0.2) is 35.3 Å². The summed E-state index contributed by atoms with van der Waals surface area (Å²) in [5.74, 6) is -0.399. The number of aromatic amines is 1. The second kappa shape index (κ2) is 9.07. The highest BCUT2D eigenvalue weighted by atomic mass is 16.5. The number of fused-ring (bicyclic) bond motifs is 1. The second-order valence-corrected chi connectivity index (χ2v) is 9.23. The molecule has 2 aromatic rings. The summed E-state index contributed by atoms with van der Waals surface area (Å²) in [6, 6.07) is 6.96. The summed E-state index contributed by atoms with van der Waals surface area (Å²) in [5, 5.41) is 8.85. The number of amides is 2. The van der Waals surface area contributed by atoms with Crippen LogP contribution in [0.3, 0.4) is 0 Å². The molecule has 3 aliphatic rings. The number of hydrogen-bond donors (Lipinski definition) is 2. The Hall–Kier alpha value is -3.04. The largest absolute Gasteiger partial charge is 0.381 e. The van der Waals surface area contributed by atoms with Crippen LogP contribution in [-0.2, 0) is 22.5 Å². The number of nitrogens with zero attached hydrogens (tertiary/aromatic N) is 2. The van der Waals surface area contributed by atoms with Crippen molar-refractivity contribution in [3.8, 4) is 0 Å². The highest BCUT2D eigenvalue weighted by Crippen LogP contribution is 2.43. The zero-order valence-corrected chi connectivity index (χ0v) is 18.5. The Morgan fingerprint density at radius 2 is 1.97 bits per heavy atom. The van der Waals surface area contributed by atoms with Gasteiger partial charge in [-0.2, -0.15) is 5.10 Å². The van der Waals surface area contributed by atoms with Crippen molar-refractivity contribution in [2.75, 3.05) is 32.9 Å². The van der Waals surface area contributed by atoms with E-state index in [1.807, 2.05) is 23.1 Å². The lowest BCUT2D eigenvalue weighted by Crippen LogP contribution is -2.43. The minimum atomic E-state index is -0.433. The van der Waals surface area contributed by atoms with Gasteiger partial charge in [-0.1, -0.05) is 6.07 Å². The molecule has 9 nitrogen and oxygen atoms in total. The Morgan fingerprint density at radius 3 is 2.79 bits per heavy atom. The highest BCUT2D eigenvalue weighted by Gasteiger charge is 2.46. The molecule has 2 fully saturated rings. The minimum Gasteiger partial charge on any atom is -0.381 e. The molecule has 3 aliphatic heterocycles. The minimum absolute atomic E-state index is 0.00603. The number of rotatable bonds is 4. The zero-order chi connectivity index (χ0) is 22.8. The average molecular weight is 453 g/mol. The van der Waals surface area contributed by atoms with Gasteiger partial charge in [0.1, 0.15) is 0 Å². The van der Waals surface area contributed by atoms with E-state index in [1.165, 1.54) is 17.8 Å². The SMILES string of the molecule is O=C(NCC1CC2(CCOCC2)CN1C(=O)c1ccc2c(c1)COCC2)c1cn[nH]c(=O)c1. The fraction of sp³-hybridized carbons (Fsp3) is 0.500. The van der Waals surface area contributed by atoms with Crippen molar-refractivity contribution in [3.05, 3.63) is 63.1 Å². The molecule has 5 rings (SSSR count). The molecule has 0 bridgehead atoms. The number of carbonyl (C=O) groups is 2. The van der Waals surface area contributed by atoms with Gasteiger partial charge in [0.25, 0.3) is 17.4 Å². The van der Waals surface area contributed by atoms with Gasteiger partial charge < -0.3 is 19.7 Å². The van der Waals surface area contributed by atoms with Crippen LogP contribution < -0.4 is 10.9 Å². The fourth-order valence-corrected chi connectivity index (χ4v) is 5.23. The lowest BCUT2D eigenvalue weighted by Gasteiger charge is -2.33. The number of aromatic nitrogens is 2. The molecule has 33 heavy (non-hydrogen) atoms. The first-order valence-corrected chi connectivity index (χ1v) is 11.4. The molecular weight excluding hydrogens is 424 g/mol. The van der Waals surface area contributed by atoms with Crippen LogP contribution in [0.4, 0.5) is 0 Å². The third-order valence-corrected chi connectivity index (χ3v) is 7.08. The van der Waals surface area contributed by atoms with Crippen LogP contribution in [0.2, 0.25) is 0 Å². The van der Waals surface area contributed by atoms with Gasteiger partial charge in [0.05, 0.1) is 25.0 Å². The third-order valence-electron chi connectivity index (χ3n) is 7.08. The van der Waals surface area contributed by atoms with Crippen LogP contribution in [-0.4, -0.2) is 65.9 Å². The normalized spacial score (nSPS) is 21.6. The van der Waals surface area contributed by atoms with E-state index in [1.54, 1.807) is 0 Å². The summed E-state index contributed by atoms with van der Waals surface area (Å²) >= 11 is 0. The van der Waals surface area contributed by atoms with Gasteiger partial charge in [0.15, 0.2) is 0 Å². The monoisotopic (exact) mass is 452 g/mol. The first kappa shape index (κ1) is 21.8. The van der Waals surface area contributed by atoms with Crippen molar-refractivity contribution in [1.29, 1.82) is 0 Å². The topological polar surface area (TPSA) is 114 Å². The molecule has 1 aromatic heterocycles. The fourth-order valence-electron chi connectivity index (χ4n) is 5.23. The molecule has 0 aliphatic carbocycles. The van der Waals surface area contributed by atoms with Crippen LogP contribution in [0.1, 0.15) is 51.1 Å². The van der Waals surface area contributed by atoms with E-state index >= 15 is 0 Å². The number of H-pyrrole nitrogens is 1. The Bertz CT molecular complexity index is 1110. The Morgan fingerprint density at radius 1 is 1.12 bits per heavy atom. The maximum atomic E-state index is 13.6. The van der Waals surface area contributed by atoms with E-state index in [4.69, 9.17) is 9.47 Å². The van der Waals surface area contributed by atoms with Crippen molar-refractivity contribution in [2.24, 2.45) is 5.41 Å². The van der Waals surface area contributed by atoms with E-state index in [9.17, 15) is 14.4 Å². The number of likely N-dealkylation sites (tertiary alicyclic amines) is 1. The summed E-state index contributed by atoms with van der Waals surface area (Å²) in [6.45, 7) is 3.58. The van der Waals surface area contributed by atoms with Gasteiger partial charge in [-0.3, -0.25) is 14.4 Å². The van der Waals surface area contributed by atoms with Crippen molar-refractivity contribution in [1.82, 2.24) is 20.4 Å². The molecule has 0 radical (unpaired) electrons. The molecule has 4 heterocycles. The van der Waals surface area contributed by atoms with Crippen molar-refractivity contribution in [3.63, 3.8) is 0 Å². The number of nitrogens with one attached hydrogen (secondary N) is 2. The third kappa shape index (κ3) is 4.56. The first-order valence-electron chi connectivity index (χ1n) is 11.4. The lowest BCUT2D eigenvalue weighted by atomic mass is 9.78. The Kier molecular flexibility index (Phi) is 5.99. The zero-order valence-electron chi connectivity index (χ0n) is 18.5. The second-order valence-electron chi connectivity index (χ2n) is 9.23. The van der Waals surface area contributed by atoms with Gasteiger partial charge in [0, 0.05) is 44.0 Å². The summed E-state index contributed by atoms with van der Waals surface area (Å²) in [7, 11) is 0. The smallest absolute Gasteiger partial charge is 0.264 e. The molecule has 1 spiro atoms. The molecule has 1 aromatic carbocycles. The summed E-state index contributed by atoms with van der Waals surface area (Å²) in [4.78, 5) is 39.6. The standard InChI is InChI=1S/C24H28N4O5/c29-21-10-18(12-26-27-21)22(30)25-13-20-11-24(4-7-32-8-5-24)15-28(20)23(31)17-2-1-16-3-6-33-14-19(16)9-17/h1-2,9-10,12,20H,3-8,11,13-15H2,(H,25,30)(H,27,29). The Balaban J connectivity index is 1.35. The molecule has 2 saturated heterocycles. The van der Waals surface area contributed by atoms with Crippen molar-refractivity contribution in [2.45, 2.75) is 38.3 Å². The number of hydrogen-bond acceptors (Lipinski definition) is 6. The van der Waals surface area contributed by atoms with Crippen LogP contribution in [0, 0.1) is 5.41 Å². The summed E-state index contributed by atoms with van der Waals surface area (Å²) < 4.78 is 11.1. The van der Waals surface area contributed by atoms with E-state index < -0.39 is 5.56 Å². The van der Waals surface area contributed by atoms with Gasteiger partial charge in [-0.15, -0.1) is 0 Å². The molecular formula is C24H28N4O5. The van der Waals surface area contributed by atoms with E-state index in [0.29, 0.717) is 45.1 Å². The highest BCUT2D eigenvalue weighted by molar-refractivity contribution is 5.95. The van der Waals surface area contributed by atoms with Gasteiger partial charge in [-0.25, -0.2) is 5.10 Å². The number of ether oxygens (including phenoxy) is 2. The van der Waals surface area contributed by atoms with Crippen LogP contribution >= 0.6 is 0 Å². The predicted molar refractivity (Wildman–Crippen MR) is 119 cm³/mol. The number of benzene rings is 1. The molecule has 2 amide bonds. The maximum absolute atomic E-state index is 13.6. The number of carbonyl (C=O) groups excluding carboxylic acids is 2. The van der Waals surface area contributed by atoms with Gasteiger partial charge in [0.2, 0.25) is 0 Å². The van der Waals surface area contributed by atoms with Crippen LogP contribution in [0.5, 0.6) is 0 Å². The molecule has 9 heteroatoms. The average Bonchev–Trinajstić information content (AvgIpc) is 3.19. The van der Waals surface area contributed by atoms with E-state index in [0.717, 1.165) is 31.2 Å². The first-order chi connectivity index (χ1) is 16.0. The Labute approximate surface area is 191 Å². The van der Waals surface area contributed by atoms with E-state index in [2.05, 4.69) is 15.5 Å². The van der Waals surface area contributed by atoms with Crippen LogP contribution in [0.25, 0.3) is 0 Å². The molecule has 174 valence electrons. The summed E-state index contributed by atoms with van der Waals surface area (Å²) in [6.07, 6.45) is 4.80. The van der Waals surface area contributed by atoms with Crippen molar-refractivity contribution >= 4 is 11.8 Å². The quantitative estimate of drug-likeness (QED) is 0.723. The van der Waals surface area contributed by atoms with E-state index in [-0.39, 0.29) is 28.8 Å². The lowest BCUT2D eigenvalue weighted by molar-refractivity contribution is 0.0190. The maximum Gasteiger partial charge on any atom is 0.264 e. The van der Waals surface area contributed by atoms with Crippen molar-refractivity contribution < 1.29 is 19.1 Å². The van der Waals surface area contributed by atoms with Gasteiger partial charge in [-0.05, 0) is 54.4 Å². The molecule has 0 saturated carbocycles. The molecule has 2 N–H and O–H groups in total. The predicted octanol–water partition coefficient (Wildman–Crippen LogP) is 1.28. The summed E-state index contributed by atoms with van der Waals surface area (Å²) in [5.41, 5.74) is 2.72. The van der Waals surface area contributed by atoms with Gasteiger partial charge >= 0.3 is 0 Å².